The number of nitrogens with zero attached hydrogens (tertiary/aromatic N) is 1. The fraction of sp³-hybridized carbons (Fsp3) is 0.222. The van der Waals surface area contributed by atoms with Gasteiger partial charge in [0.2, 0.25) is 0 Å². The number of non-ortho nitro benzene ring substituents is 1. The Balaban J connectivity index is 1.83. The highest BCUT2D eigenvalue weighted by atomic mass is 16.6. The first-order chi connectivity index (χ1) is 11.5. The number of ketones is 1. The molecule has 0 radical (unpaired) electrons. The minimum Gasteiger partial charge on any atom is -0.469 e. The molecule has 6 nitrogen and oxygen atoms in total. The zero-order valence-electron chi connectivity index (χ0n) is 13.0. The van der Waals surface area contributed by atoms with Crippen molar-refractivity contribution < 1.29 is 19.2 Å². The van der Waals surface area contributed by atoms with Crippen LogP contribution in [-0.2, 0) is 22.4 Å². The molecule has 1 unspecified atom stereocenters. The Morgan fingerprint density at radius 3 is 2.29 bits per heavy atom. The van der Waals surface area contributed by atoms with E-state index in [1.54, 1.807) is 12.1 Å². The topological polar surface area (TPSA) is 86.5 Å². The Hall–Kier alpha value is -3.02. The molecule has 0 heterocycles. The molecule has 0 saturated heterocycles. The highest BCUT2D eigenvalue weighted by Crippen LogP contribution is 2.29. The van der Waals surface area contributed by atoms with Crippen LogP contribution in [0.25, 0.3) is 0 Å². The molecule has 0 amide bonds. The van der Waals surface area contributed by atoms with Crippen LogP contribution in [0, 0.1) is 16.0 Å². The van der Waals surface area contributed by atoms with E-state index in [0.29, 0.717) is 24.0 Å². The number of methoxy groups -OCH3 is 1. The van der Waals surface area contributed by atoms with Crippen LogP contribution >= 0.6 is 0 Å². The Labute approximate surface area is 138 Å². The van der Waals surface area contributed by atoms with E-state index in [1.807, 2.05) is 6.07 Å². The molecule has 0 bridgehead atoms. The summed E-state index contributed by atoms with van der Waals surface area (Å²) in [6.45, 7) is 0. The smallest absolute Gasteiger partial charge is 0.309 e. The number of fused-ring (bicyclic) bond motifs is 1. The Bertz CT molecular complexity index is 826. The van der Waals surface area contributed by atoms with Crippen molar-refractivity contribution in [1.82, 2.24) is 0 Å². The average Bonchev–Trinajstić information content (AvgIpc) is 3.03. The summed E-state index contributed by atoms with van der Waals surface area (Å²) in [5, 5.41) is 10.7. The van der Waals surface area contributed by atoms with Crippen LogP contribution in [0.4, 0.5) is 5.69 Å². The number of carbonyl (C=O) groups is 2. The summed E-state index contributed by atoms with van der Waals surface area (Å²) < 4.78 is 4.78. The van der Waals surface area contributed by atoms with E-state index < -0.39 is 4.92 Å². The number of esters is 1. The van der Waals surface area contributed by atoms with Crippen molar-refractivity contribution in [1.29, 1.82) is 0 Å². The molecule has 0 aliphatic heterocycles. The fourth-order valence-corrected chi connectivity index (χ4v) is 2.99. The van der Waals surface area contributed by atoms with E-state index in [0.717, 1.165) is 11.1 Å². The Morgan fingerprint density at radius 1 is 1.04 bits per heavy atom. The van der Waals surface area contributed by atoms with E-state index in [4.69, 9.17) is 4.74 Å². The van der Waals surface area contributed by atoms with Gasteiger partial charge in [-0.15, -0.1) is 0 Å². The van der Waals surface area contributed by atoms with E-state index in [2.05, 4.69) is 0 Å². The lowest BCUT2D eigenvalue weighted by Crippen LogP contribution is -2.15. The van der Waals surface area contributed by atoms with Crippen LogP contribution in [-0.4, -0.2) is 23.8 Å². The van der Waals surface area contributed by atoms with Crippen molar-refractivity contribution in [2.24, 2.45) is 5.92 Å². The molecular weight excluding hydrogens is 310 g/mol. The van der Waals surface area contributed by atoms with Crippen LogP contribution < -0.4 is 0 Å². The molecule has 6 heteroatoms. The minimum atomic E-state index is -0.503. The van der Waals surface area contributed by atoms with Gasteiger partial charge >= 0.3 is 5.97 Å². The van der Waals surface area contributed by atoms with E-state index in [9.17, 15) is 19.7 Å². The summed E-state index contributed by atoms with van der Waals surface area (Å²) in [6, 6.07) is 10.9. The number of nitro benzene ring substituents is 1. The number of rotatable bonds is 4. The van der Waals surface area contributed by atoms with E-state index >= 15 is 0 Å². The van der Waals surface area contributed by atoms with Gasteiger partial charge in [0, 0.05) is 23.3 Å². The second kappa shape index (κ2) is 6.23. The number of nitro groups is 1. The largest absolute Gasteiger partial charge is 0.469 e. The minimum absolute atomic E-state index is 0.0542. The molecule has 1 atom stereocenters. The molecule has 2 aromatic carbocycles. The van der Waals surface area contributed by atoms with Crippen molar-refractivity contribution in [2.45, 2.75) is 12.8 Å². The first kappa shape index (κ1) is 15.9. The van der Waals surface area contributed by atoms with Gasteiger partial charge in [-0.3, -0.25) is 19.7 Å². The van der Waals surface area contributed by atoms with Crippen molar-refractivity contribution in [3.63, 3.8) is 0 Å². The third-order valence-corrected chi connectivity index (χ3v) is 4.28. The van der Waals surface area contributed by atoms with Crippen molar-refractivity contribution in [3.05, 3.63) is 74.8 Å². The molecule has 0 N–H and O–H groups in total. The standard InChI is InChI=1S/C18H15NO5/c1-24-18(21)15-8-12-2-3-13(9-14(12)10-15)17(20)11-4-6-16(7-5-11)19(22)23/h2-7,9,15H,8,10H2,1H3. The first-order valence-corrected chi connectivity index (χ1v) is 7.48. The molecule has 1 aliphatic rings. The third-order valence-electron chi connectivity index (χ3n) is 4.28. The molecule has 24 heavy (non-hydrogen) atoms. The van der Waals surface area contributed by atoms with Gasteiger partial charge in [0.05, 0.1) is 18.0 Å². The van der Waals surface area contributed by atoms with Gasteiger partial charge in [0.15, 0.2) is 5.78 Å². The molecule has 1 aliphatic carbocycles. The van der Waals surface area contributed by atoms with Crippen LogP contribution in [0.3, 0.4) is 0 Å². The van der Waals surface area contributed by atoms with Crippen molar-refractivity contribution in [3.8, 4) is 0 Å². The predicted octanol–water partition coefficient (Wildman–Crippen LogP) is 2.71. The lowest BCUT2D eigenvalue weighted by atomic mass is 9.99. The average molecular weight is 325 g/mol. The molecule has 2 aromatic rings. The lowest BCUT2D eigenvalue weighted by molar-refractivity contribution is -0.384. The normalized spacial score (nSPS) is 15.6. The lowest BCUT2D eigenvalue weighted by Gasteiger charge is -2.05. The Morgan fingerprint density at radius 2 is 1.67 bits per heavy atom. The molecular formula is C18H15NO5. The first-order valence-electron chi connectivity index (χ1n) is 7.48. The van der Waals surface area contributed by atoms with E-state index in [-0.39, 0.29) is 23.4 Å². The summed E-state index contributed by atoms with van der Waals surface area (Å²) in [6.07, 6.45) is 1.18. The van der Waals surface area contributed by atoms with Gasteiger partial charge in [-0.25, -0.2) is 0 Å². The highest BCUT2D eigenvalue weighted by molar-refractivity contribution is 6.09. The predicted molar refractivity (Wildman–Crippen MR) is 85.9 cm³/mol. The molecule has 0 spiro atoms. The zero-order chi connectivity index (χ0) is 17.3. The molecule has 0 saturated carbocycles. The summed E-state index contributed by atoms with van der Waals surface area (Å²) in [5.41, 5.74) is 2.86. The SMILES string of the molecule is COC(=O)C1Cc2ccc(C(=O)c3ccc([N+](=O)[O-])cc3)cc2C1. The number of benzene rings is 2. The summed E-state index contributed by atoms with van der Waals surface area (Å²) >= 11 is 0. The Kier molecular flexibility index (Phi) is 4.12. The monoisotopic (exact) mass is 325 g/mol. The van der Waals surface area contributed by atoms with Crippen LogP contribution in [0.1, 0.15) is 27.0 Å². The number of hydrogen-bond donors (Lipinski definition) is 0. The second-order valence-electron chi connectivity index (χ2n) is 5.74. The van der Waals surface area contributed by atoms with Crippen LogP contribution in [0.15, 0.2) is 42.5 Å². The maximum absolute atomic E-state index is 12.5. The van der Waals surface area contributed by atoms with Crippen LogP contribution in [0.5, 0.6) is 0 Å². The van der Waals surface area contributed by atoms with Crippen LogP contribution in [0.2, 0.25) is 0 Å². The van der Waals surface area contributed by atoms with Gasteiger partial charge in [-0.1, -0.05) is 12.1 Å². The molecule has 0 aromatic heterocycles. The maximum Gasteiger partial charge on any atom is 0.309 e. The second-order valence-corrected chi connectivity index (χ2v) is 5.74. The number of ether oxygens (including phenoxy) is 1. The van der Waals surface area contributed by atoms with Gasteiger partial charge in [0.25, 0.3) is 5.69 Å². The zero-order valence-corrected chi connectivity index (χ0v) is 13.0. The van der Waals surface area contributed by atoms with Gasteiger partial charge in [-0.2, -0.15) is 0 Å². The quantitative estimate of drug-likeness (QED) is 0.373. The number of hydrogen-bond acceptors (Lipinski definition) is 5. The highest BCUT2D eigenvalue weighted by Gasteiger charge is 2.28. The fourth-order valence-electron chi connectivity index (χ4n) is 2.99. The molecule has 0 fully saturated rings. The third kappa shape index (κ3) is 2.90. The van der Waals surface area contributed by atoms with Gasteiger partial charge in [0.1, 0.15) is 0 Å². The summed E-state index contributed by atoms with van der Waals surface area (Å²) in [5.74, 6) is -0.640. The summed E-state index contributed by atoms with van der Waals surface area (Å²) in [4.78, 5) is 34.4. The maximum atomic E-state index is 12.5. The summed E-state index contributed by atoms with van der Waals surface area (Å²) in [7, 11) is 1.37. The van der Waals surface area contributed by atoms with Gasteiger partial charge in [-0.05, 0) is 42.2 Å². The van der Waals surface area contributed by atoms with Crippen molar-refractivity contribution in [2.75, 3.05) is 7.11 Å². The van der Waals surface area contributed by atoms with Gasteiger partial charge < -0.3 is 4.74 Å². The number of carbonyl (C=O) groups excluding carboxylic acids is 2. The molecule has 122 valence electrons. The molecule has 3 rings (SSSR count). The van der Waals surface area contributed by atoms with E-state index in [1.165, 1.54) is 31.4 Å². The van der Waals surface area contributed by atoms with Crippen molar-refractivity contribution >= 4 is 17.4 Å².